The van der Waals surface area contributed by atoms with Crippen molar-refractivity contribution in [3.8, 4) is 0 Å². The van der Waals surface area contributed by atoms with Crippen LogP contribution in [0.25, 0.3) is 6.08 Å². The van der Waals surface area contributed by atoms with Crippen molar-refractivity contribution in [2.75, 3.05) is 0 Å². The van der Waals surface area contributed by atoms with Crippen LogP contribution < -0.4 is 0 Å². The average Bonchev–Trinajstić information content (AvgIpc) is 2.47. The monoisotopic (exact) mass is 238 g/mol. The van der Waals surface area contributed by atoms with E-state index in [-0.39, 0.29) is 5.92 Å². The Bertz CT molecular complexity index is 499. The molecular formula is C17H18O. The van der Waals surface area contributed by atoms with Crippen molar-refractivity contribution in [2.24, 2.45) is 0 Å². The third kappa shape index (κ3) is 2.69. The van der Waals surface area contributed by atoms with E-state index in [0.717, 1.165) is 16.7 Å². The highest BCUT2D eigenvalue weighted by molar-refractivity contribution is 5.47. The second-order valence-electron chi connectivity index (χ2n) is 4.51. The van der Waals surface area contributed by atoms with E-state index in [4.69, 9.17) is 0 Å². The fourth-order valence-electron chi connectivity index (χ4n) is 2.06. The number of rotatable bonds is 4. The maximum absolute atomic E-state index is 10.4. The van der Waals surface area contributed by atoms with Gasteiger partial charge in [0.05, 0.1) is 6.10 Å². The molecule has 0 heterocycles. The van der Waals surface area contributed by atoms with Crippen LogP contribution in [0.5, 0.6) is 0 Å². The molecule has 2 aromatic carbocycles. The Labute approximate surface area is 108 Å². The summed E-state index contributed by atoms with van der Waals surface area (Å²) in [5.74, 6) is 0.0841. The predicted molar refractivity (Wildman–Crippen MR) is 76.3 cm³/mol. The highest BCUT2D eigenvalue weighted by Gasteiger charge is 2.17. The summed E-state index contributed by atoms with van der Waals surface area (Å²) in [6.45, 7) is 5.77. The van der Waals surface area contributed by atoms with Crippen LogP contribution in [0, 0.1) is 0 Å². The molecule has 0 saturated carbocycles. The number of hydrogen-bond donors (Lipinski definition) is 1. The smallest absolute Gasteiger partial charge is 0.0855 e. The van der Waals surface area contributed by atoms with Crippen LogP contribution in [-0.4, -0.2) is 5.11 Å². The van der Waals surface area contributed by atoms with Gasteiger partial charge >= 0.3 is 0 Å². The van der Waals surface area contributed by atoms with Gasteiger partial charge in [0.15, 0.2) is 0 Å². The van der Waals surface area contributed by atoms with Gasteiger partial charge in [0.25, 0.3) is 0 Å². The van der Waals surface area contributed by atoms with Crippen molar-refractivity contribution in [2.45, 2.75) is 18.9 Å². The van der Waals surface area contributed by atoms with Gasteiger partial charge in [-0.25, -0.2) is 0 Å². The van der Waals surface area contributed by atoms with Gasteiger partial charge < -0.3 is 5.11 Å². The largest absolute Gasteiger partial charge is 0.388 e. The van der Waals surface area contributed by atoms with Crippen molar-refractivity contribution >= 4 is 6.08 Å². The summed E-state index contributed by atoms with van der Waals surface area (Å²) in [5, 5.41) is 10.4. The number of aliphatic hydroxyl groups excluding tert-OH is 1. The molecule has 0 amide bonds. The molecule has 2 aromatic rings. The van der Waals surface area contributed by atoms with Gasteiger partial charge in [0, 0.05) is 5.92 Å². The molecule has 0 aliphatic rings. The molecule has 18 heavy (non-hydrogen) atoms. The van der Waals surface area contributed by atoms with E-state index in [9.17, 15) is 5.11 Å². The predicted octanol–water partition coefficient (Wildman–Crippen LogP) is 4.17. The first kappa shape index (κ1) is 12.6. The second kappa shape index (κ2) is 5.65. The molecule has 0 radical (unpaired) electrons. The fraction of sp³-hybridized carbons (Fsp3) is 0.176. The van der Waals surface area contributed by atoms with Crippen molar-refractivity contribution in [3.63, 3.8) is 0 Å². The fourth-order valence-corrected chi connectivity index (χ4v) is 2.06. The van der Waals surface area contributed by atoms with E-state index >= 15 is 0 Å². The van der Waals surface area contributed by atoms with Gasteiger partial charge in [-0.1, -0.05) is 74.2 Å². The number of benzene rings is 2. The lowest BCUT2D eigenvalue weighted by Crippen LogP contribution is -2.07. The molecule has 1 N–H and O–H groups in total. The molecular weight excluding hydrogens is 220 g/mol. The first-order chi connectivity index (χ1) is 8.72. The molecule has 92 valence electrons. The van der Waals surface area contributed by atoms with Crippen LogP contribution in [-0.2, 0) is 0 Å². The quantitative estimate of drug-likeness (QED) is 0.847. The van der Waals surface area contributed by atoms with E-state index in [2.05, 4.69) is 6.58 Å². The van der Waals surface area contributed by atoms with E-state index < -0.39 is 6.10 Å². The van der Waals surface area contributed by atoms with E-state index in [1.165, 1.54) is 0 Å². The maximum Gasteiger partial charge on any atom is 0.0855 e. The van der Waals surface area contributed by atoms with Crippen molar-refractivity contribution in [3.05, 3.63) is 77.9 Å². The zero-order chi connectivity index (χ0) is 13.0. The minimum absolute atomic E-state index is 0.0841. The minimum Gasteiger partial charge on any atom is -0.388 e. The molecule has 0 aromatic heterocycles. The summed E-state index contributed by atoms with van der Waals surface area (Å²) in [7, 11) is 0. The third-order valence-corrected chi connectivity index (χ3v) is 3.31. The number of aliphatic hydroxyl groups is 1. The summed E-state index contributed by atoms with van der Waals surface area (Å²) >= 11 is 0. The van der Waals surface area contributed by atoms with Crippen molar-refractivity contribution in [1.82, 2.24) is 0 Å². The Morgan fingerprint density at radius 3 is 2.11 bits per heavy atom. The molecule has 1 nitrogen and oxygen atoms in total. The van der Waals surface area contributed by atoms with Crippen LogP contribution in [0.2, 0.25) is 0 Å². The standard InChI is InChI=1S/C17H18O/c1-3-14-9-11-16(12-10-14)17(18)13(2)15-7-5-4-6-8-15/h3-13,17-18H,1H2,2H3. The molecule has 2 rings (SSSR count). The summed E-state index contributed by atoms with van der Waals surface area (Å²) in [5.41, 5.74) is 3.16. The zero-order valence-electron chi connectivity index (χ0n) is 10.6. The van der Waals surface area contributed by atoms with E-state index in [0.29, 0.717) is 0 Å². The Balaban J connectivity index is 2.19. The zero-order valence-corrected chi connectivity index (χ0v) is 10.6. The molecule has 0 bridgehead atoms. The molecule has 0 aliphatic heterocycles. The van der Waals surface area contributed by atoms with Crippen molar-refractivity contribution < 1.29 is 5.11 Å². The normalized spacial score (nSPS) is 13.9. The van der Waals surface area contributed by atoms with Gasteiger partial charge in [0.1, 0.15) is 0 Å². The van der Waals surface area contributed by atoms with Crippen LogP contribution >= 0.6 is 0 Å². The lowest BCUT2D eigenvalue weighted by molar-refractivity contribution is 0.151. The third-order valence-electron chi connectivity index (χ3n) is 3.31. The highest BCUT2D eigenvalue weighted by Crippen LogP contribution is 2.30. The second-order valence-corrected chi connectivity index (χ2v) is 4.51. The minimum atomic E-state index is -0.480. The Morgan fingerprint density at radius 2 is 1.56 bits per heavy atom. The van der Waals surface area contributed by atoms with Gasteiger partial charge in [-0.05, 0) is 16.7 Å². The maximum atomic E-state index is 10.4. The molecule has 0 saturated heterocycles. The first-order valence-electron chi connectivity index (χ1n) is 6.18. The van der Waals surface area contributed by atoms with Gasteiger partial charge in [-0.2, -0.15) is 0 Å². The molecule has 2 atom stereocenters. The SMILES string of the molecule is C=Cc1ccc(C(O)C(C)c2ccccc2)cc1. The molecule has 0 spiro atoms. The Kier molecular flexibility index (Phi) is 3.96. The average molecular weight is 238 g/mol. The molecule has 0 fully saturated rings. The number of hydrogen-bond acceptors (Lipinski definition) is 1. The van der Waals surface area contributed by atoms with Crippen LogP contribution in [0.15, 0.2) is 61.2 Å². The summed E-state index contributed by atoms with van der Waals surface area (Å²) < 4.78 is 0. The first-order valence-corrected chi connectivity index (χ1v) is 6.18. The van der Waals surface area contributed by atoms with Crippen molar-refractivity contribution in [1.29, 1.82) is 0 Å². The van der Waals surface area contributed by atoms with Gasteiger partial charge in [-0.3, -0.25) is 0 Å². The Morgan fingerprint density at radius 1 is 0.944 bits per heavy atom. The van der Waals surface area contributed by atoms with Gasteiger partial charge in [-0.15, -0.1) is 0 Å². The summed E-state index contributed by atoms with van der Waals surface area (Å²) in [4.78, 5) is 0. The van der Waals surface area contributed by atoms with E-state index in [1.54, 1.807) is 6.08 Å². The summed E-state index contributed by atoms with van der Waals surface area (Å²) in [6, 6.07) is 18.0. The van der Waals surface area contributed by atoms with E-state index in [1.807, 2.05) is 61.5 Å². The van der Waals surface area contributed by atoms with Crippen LogP contribution in [0.3, 0.4) is 0 Å². The van der Waals surface area contributed by atoms with Crippen LogP contribution in [0.4, 0.5) is 0 Å². The molecule has 0 aliphatic carbocycles. The van der Waals surface area contributed by atoms with Crippen LogP contribution in [0.1, 0.15) is 35.6 Å². The lowest BCUT2D eigenvalue weighted by Gasteiger charge is -2.19. The topological polar surface area (TPSA) is 20.2 Å². The summed E-state index contributed by atoms with van der Waals surface area (Å²) in [6.07, 6.45) is 1.32. The highest BCUT2D eigenvalue weighted by atomic mass is 16.3. The molecule has 2 unspecified atom stereocenters. The lowest BCUT2D eigenvalue weighted by atomic mass is 9.90. The Hall–Kier alpha value is -1.86. The van der Waals surface area contributed by atoms with Gasteiger partial charge in [0.2, 0.25) is 0 Å². The molecule has 1 heteroatoms.